The van der Waals surface area contributed by atoms with Crippen LogP contribution in [0.2, 0.25) is 0 Å². The molecule has 0 amide bonds. The van der Waals surface area contributed by atoms with Crippen LogP contribution in [0, 0.1) is 0 Å². The van der Waals surface area contributed by atoms with E-state index in [0.29, 0.717) is 5.75 Å². The van der Waals surface area contributed by atoms with Crippen LogP contribution in [0.4, 0.5) is 0 Å². The third-order valence-electron chi connectivity index (χ3n) is 0.756. The minimum absolute atomic E-state index is 0. The van der Waals surface area contributed by atoms with Gasteiger partial charge < -0.3 is 9.90 Å². The van der Waals surface area contributed by atoms with Crippen LogP contribution in [0.1, 0.15) is 20.8 Å². The molecule has 1 radical (unpaired) electrons. The molecule has 0 unspecified atom stereocenters. The Bertz CT molecular complexity index is 176. The van der Waals surface area contributed by atoms with Crippen molar-refractivity contribution in [3.8, 4) is 5.75 Å². The fourth-order valence-corrected chi connectivity index (χ4v) is 0.428. The summed E-state index contributed by atoms with van der Waals surface area (Å²) in [6.45, 7) is 5.32. The molecule has 1 aromatic carbocycles. The van der Waals surface area contributed by atoms with Crippen LogP contribution in [-0.2, 0) is 37.5 Å². The minimum atomic E-state index is 0. The number of carbonyl (C=O) groups excluding carboxylic acids is 1. The number of aromatic hydroxyl groups is 1. The maximum atomic E-state index is 8.68. The Morgan fingerprint density at radius 1 is 1.15 bits per heavy atom. The number of phenols is 1. The average Bonchev–Trinajstić information content (AvgIpc) is 2.11. The summed E-state index contributed by atoms with van der Waals surface area (Å²) in [6, 6.07) is 8.71. The first kappa shape index (κ1) is 18.6. The van der Waals surface area contributed by atoms with Crippen LogP contribution in [0.25, 0.3) is 0 Å². The molecule has 1 rings (SSSR count). The van der Waals surface area contributed by atoms with Crippen molar-refractivity contribution >= 4 is 6.29 Å². The number of benzene rings is 1. The van der Waals surface area contributed by atoms with Crippen molar-refractivity contribution in [2.75, 3.05) is 0 Å². The van der Waals surface area contributed by atoms with E-state index in [-0.39, 0.29) is 32.7 Å². The second kappa shape index (κ2) is 17.8. The van der Waals surface area contributed by atoms with Crippen molar-refractivity contribution < 1.29 is 42.6 Å². The van der Waals surface area contributed by atoms with Gasteiger partial charge in [0.05, 0.1) is 0 Å². The minimum Gasteiger partial charge on any atom is -0.542 e. The van der Waals surface area contributed by atoms with E-state index in [9.17, 15) is 0 Å². The molecule has 13 heavy (non-hydrogen) atoms. The van der Waals surface area contributed by atoms with Gasteiger partial charge in [-0.05, 0) is 12.1 Å². The second-order valence-electron chi connectivity index (χ2n) is 1.54. The average molecular weight is 256 g/mol. The van der Waals surface area contributed by atoms with Crippen LogP contribution in [0.3, 0.4) is 0 Å². The Morgan fingerprint density at radius 3 is 1.62 bits per heavy atom. The van der Waals surface area contributed by atoms with Crippen LogP contribution in [-0.4, -0.2) is 11.4 Å². The molecule has 0 atom stereocenters. The second-order valence-corrected chi connectivity index (χ2v) is 1.54. The normalized spacial score (nSPS) is 6.08. The molecule has 0 bridgehead atoms. The molecule has 0 aliphatic carbocycles. The van der Waals surface area contributed by atoms with Crippen LogP contribution in [0.15, 0.2) is 30.3 Å². The summed E-state index contributed by atoms with van der Waals surface area (Å²) < 4.78 is 0. The SMILES string of the molecule is CC.C[C-]=O.Oc1ccccc1.[Y]. The van der Waals surface area contributed by atoms with E-state index < -0.39 is 0 Å². The van der Waals surface area contributed by atoms with Gasteiger partial charge in [0.1, 0.15) is 5.75 Å². The third kappa shape index (κ3) is 18.6. The molecule has 0 spiro atoms. The molecule has 0 saturated heterocycles. The summed E-state index contributed by atoms with van der Waals surface area (Å²) >= 11 is 0. The molecule has 0 fully saturated rings. The van der Waals surface area contributed by atoms with Crippen molar-refractivity contribution in [2.24, 2.45) is 0 Å². The molecular formula is C10H15O2Y-. The standard InChI is InChI=1S/C6H6O.C2H3O.C2H6.Y/c7-6-4-2-1-3-5-6;1-2-3;1-2;/h1-5,7H;1H3;1-2H3;/q;-1;;. The van der Waals surface area contributed by atoms with Gasteiger partial charge in [0.15, 0.2) is 0 Å². The Kier molecular flexibility index (Phi) is 25.4. The Balaban J connectivity index is -0.000000146. The zero-order valence-corrected chi connectivity index (χ0v) is 11.2. The first-order valence-corrected chi connectivity index (χ1v) is 3.84. The van der Waals surface area contributed by atoms with E-state index in [2.05, 4.69) is 0 Å². The number of phenolic OH excluding ortho intramolecular Hbond substituents is 1. The van der Waals surface area contributed by atoms with E-state index in [4.69, 9.17) is 9.90 Å². The molecule has 1 N–H and O–H groups in total. The van der Waals surface area contributed by atoms with Gasteiger partial charge in [0, 0.05) is 32.7 Å². The number of hydrogen-bond acceptors (Lipinski definition) is 2. The molecule has 0 aromatic heterocycles. The van der Waals surface area contributed by atoms with Crippen molar-refractivity contribution in [3.05, 3.63) is 30.3 Å². The van der Waals surface area contributed by atoms with E-state index >= 15 is 0 Å². The summed E-state index contributed by atoms with van der Waals surface area (Å²) in [5.74, 6) is 0.322. The van der Waals surface area contributed by atoms with E-state index in [0.717, 1.165) is 0 Å². The Morgan fingerprint density at radius 2 is 1.46 bits per heavy atom. The smallest absolute Gasteiger partial charge is 0.115 e. The fraction of sp³-hybridized carbons (Fsp3) is 0.300. The quantitative estimate of drug-likeness (QED) is 0.724. The largest absolute Gasteiger partial charge is 0.542 e. The van der Waals surface area contributed by atoms with Crippen LogP contribution >= 0.6 is 0 Å². The monoisotopic (exact) mass is 256 g/mol. The van der Waals surface area contributed by atoms with Crippen LogP contribution < -0.4 is 0 Å². The van der Waals surface area contributed by atoms with Gasteiger partial charge >= 0.3 is 0 Å². The molecule has 0 heterocycles. The number of rotatable bonds is 0. The Hall–Kier alpha value is -0.206. The number of para-hydroxylation sites is 1. The van der Waals surface area contributed by atoms with Crippen LogP contribution in [0.5, 0.6) is 5.75 Å². The fourth-order valence-electron chi connectivity index (χ4n) is 0.428. The van der Waals surface area contributed by atoms with Gasteiger partial charge in [-0.15, -0.1) is 0 Å². The molecule has 1 aromatic rings. The number of hydrogen-bond donors (Lipinski definition) is 1. The van der Waals surface area contributed by atoms with Gasteiger partial charge in [0.2, 0.25) is 0 Å². The first-order valence-electron chi connectivity index (χ1n) is 3.84. The van der Waals surface area contributed by atoms with Crippen molar-refractivity contribution in [1.82, 2.24) is 0 Å². The summed E-state index contributed by atoms with van der Waals surface area (Å²) in [6.07, 6.45) is 1.50. The summed E-state index contributed by atoms with van der Waals surface area (Å²) in [7, 11) is 0. The van der Waals surface area contributed by atoms with Gasteiger partial charge in [-0.2, -0.15) is 6.92 Å². The molecule has 0 aliphatic heterocycles. The predicted molar refractivity (Wildman–Crippen MR) is 50.8 cm³/mol. The summed E-state index contributed by atoms with van der Waals surface area (Å²) in [5, 5.41) is 8.63. The third-order valence-corrected chi connectivity index (χ3v) is 0.756. The molecule has 71 valence electrons. The predicted octanol–water partition coefficient (Wildman–Crippen LogP) is 2.53. The van der Waals surface area contributed by atoms with E-state index in [1.807, 2.05) is 19.9 Å². The molecule has 0 saturated carbocycles. The van der Waals surface area contributed by atoms with E-state index in [1.165, 1.54) is 13.2 Å². The summed E-state index contributed by atoms with van der Waals surface area (Å²) in [4.78, 5) is 8.68. The summed E-state index contributed by atoms with van der Waals surface area (Å²) in [5.41, 5.74) is 0. The first-order chi connectivity index (χ1) is 5.81. The van der Waals surface area contributed by atoms with E-state index in [1.54, 1.807) is 24.3 Å². The zero-order valence-electron chi connectivity index (χ0n) is 8.32. The van der Waals surface area contributed by atoms with Gasteiger partial charge in [-0.25, -0.2) is 0 Å². The van der Waals surface area contributed by atoms with Gasteiger partial charge in [-0.3, -0.25) is 6.29 Å². The molecule has 0 aliphatic rings. The molecule has 3 heteroatoms. The maximum absolute atomic E-state index is 8.68. The van der Waals surface area contributed by atoms with Crippen molar-refractivity contribution in [1.29, 1.82) is 0 Å². The van der Waals surface area contributed by atoms with Gasteiger partial charge in [0.25, 0.3) is 0 Å². The van der Waals surface area contributed by atoms with Gasteiger partial charge in [-0.1, -0.05) is 32.0 Å². The zero-order chi connectivity index (χ0) is 9.82. The molecule has 2 nitrogen and oxygen atoms in total. The topological polar surface area (TPSA) is 37.3 Å². The molecular weight excluding hydrogens is 241 g/mol. The maximum Gasteiger partial charge on any atom is 0.115 e. The van der Waals surface area contributed by atoms with Crippen molar-refractivity contribution in [3.63, 3.8) is 0 Å². The van der Waals surface area contributed by atoms with Crippen molar-refractivity contribution in [2.45, 2.75) is 20.8 Å². The Labute approximate surface area is 105 Å².